The Morgan fingerprint density at radius 1 is 1.13 bits per heavy atom. The quantitative estimate of drug-likeness (QED) is 0.753. The van der Waals surface area contributed by atoms with Gasteiger partial charge in [0.05, 0.1) is 6.54 Å². The van der Waals surface area contributed by atoms with Crippen molar-refractivity contribution in [1.82, 2.24) is 15.5 Å². The topological polar surface area (TPSA) is 51.0 Å². The van der Waals surface area contributed by atoms with E-state index < -0.39 is 0 Å². The predicted molar refractivity (Wildman–Crippen MR) is 86.4 cm³/mol. The Morgan fingerprint density at radius 2 is 1.87 bits per heavy atom. The van der Waals surface area contributed by atoms with E-state index in [2.05, 4.69) is 15.5 Å². The molecule has 0 saturated heterocycles. The summed E-state index contributed by atoms with van der Waals surface area (Å²) < 4.78 is 19.3. The Balaban J connectivity index is 1.65. The average Bonchev–Trinajstić information content (AvgIpc) is 3.03. The molecule has 0 unspecified atom stereocenters. The highest BCUT2D eigenvalue weighted by atomic mass is 35.5. The minimum absolute atomic E-state index is 0.165. The van der Waals surface area contributed by atoms with Crippen molar-refractivity contribution in [3.63, 3.8) is 0 Å². The summed E-state index contributed by atoms with van der Waals surface area (Å²) in [5.74, 6) is 0.634. The van der Waals surface area contributed by atoms with E-state index in [-0.39, 0.29) is 11.9 Å². The smallest absolute Gasteiger partial charge is 0.247 e. The number of aromatic nitrogens is 2. The van der Waals surface area contributed by atoms with E-state index in [1.165, 1.54) is 6.07 Å². The molecule has 0 aliphatic carbocycles. The van der Waals surface area contributed by atoms with E-state index in [4.69, 9.17) is 16.0 Å². The molecule has 2 aromatic carbocycles. The summed E-state index contributed by atoms with van der Waals surface area (Å²) in [6, 6.07) is 13.7. The monoisotopic (exact) mass is 331 g/mol. The first-order valence-electron chi connectivity index (χ1n) is 7.19. The Labute approximate surface area is 138 Å². The second kappa shape index (κ2) is 6.89. The highest BCUT2D eigenvalue weighted by Crippen LogP contribution is 2.21. The predicted octanol–water partition coefficient (Wildman–Crippen LogP) is 4.38. The van der Waals surface area contributed by atoms with Crippen molar-refractivity contribution >= 4 is 11.6 Å². The number of nitrogens with one attached hydrogen (secondary N) is 1. The summed E-state index contributed by atoms with van der Waals surface area (Å²) in [6.07, 6.45) is 0. The van der Waals surface area contributed by atoms with Gasteiger partial charge in [-0.05, 0) is 37.3 Å². The molecular formula is C17H15ClFN3O. The van der Waals surface area contributed by atoms with Crippen LogP contribution in [-0.4, -0.2) is 10.2 Å². The summed E-state index contributed by atoms with van der Waals surface area (Å²) in [6.45, 7) is 2.24. The molecule has 23 heavy (non-hydrogen) atoms. The Morgan fingerprint density at radius 3 is 2.61 bits per heavy atom. The standard InChI is InChI=1S/C17H15ClFN3O/c1-11(14-4-2-3-5-15(14)19)20-10-16-21-22-17(23-16)12-6-8-13(18)9-7-12/h2-9,11,20H,10H2,1H3/t11-/m0/s1. The molecule has 0 radical (unpaired) electrons. The van der Waals surface area contributed by atoms with Gasteiger partial charge in [-0.1, -0.05) is 29.8 Å². The first-order chi connectivity index (χ1) is 11.1. The van der Waals surface area contributed by atoms with Gasteiger partial charge in [0.25, 0.3) is 0 Å². The molecule has 4 nitrogen and oxygen atoms in total. The molecule has 118 valence electrons. The lowest BCUT2D eigenvalue weighted by Gasteiger charge is -2.13. The molecule has 0 saturated carbocycles. The van der Waals surface area contributed by atoms with E-state index in [9.17, 15) is 4.39 Å². The molecule has 3 aromatic rings. The van der Waals surface area contributed by atoms with E-state index >= 15 is 0 Å². The van der Waals surface area contributed by atoms with Crippen LogP contribution in [0.4, 0.5) is 4.39 Å². The lowest BCUT2D eigenvalue weighted by molar-refractivity contribution is 0.447. The van der Waals surface area contributed by atoms with Crippen LogP contribution in [0.2, 0.25) is 5.02 Å². The van der Waals surface area contributed by atoms with E-state index in [1.807, 2.05) is 25.1 Å². The first kappa shape index (κ1) is 15.6. The lowest BCUT2D eigenvalue weighted by Crippen LogP contribution is -2.19. The van der Waals surface area contributed by atoms with Crippen LogP contribution in [0.25, 0.3) is 11.5 Å². The first-order valence-corrected chi connectivity index (χ1v) is 7.57. The second-order valence-electron chi connectivity index (χ2n) is 5.13. The van der Waals surface area contributed by atoms with Crippen LogP contribution in [-0.2, 0) is 6.54 Å². The lowest BCUT2D eigenvalue weighted by atomic mass is 10.1. The number of nitrogens with zero attached hydrogens (tertiary/aromatic N) is 2. The maximum atomic E-state index is 13.7. The van der Waals surface area contributed by atoms with Crippen molar-refractivity contribution in [2.24, 2.45) is 0 Å². The molecule has 0 spiro atoms. The molecule has 1 heterocycles. The number of rotatable bonds is 5. The van der Waals surface area contributed by atoms with Crippen molar-refractivity contribution < 1.29 is 8.81 Å². The summed E-state index contributed by atoms with van der Waals surface area (Å²) in [7, 11) is 0. The highest BCUT2D eigenvalue weighted by molar-refractivity contribution is 6.30. The van der Waals surface area contributed by atoms with Crippen molar-refractivity contribution in [2.45, 2.75) is 19.5 Å². The normalized spacial score (nSPS) is 12.3. The molecule has 0 aliphatic heterocycles. The van der Waals surface area contributed by atoms with Crippen LogP contribution in [0.15, 0.2) is 52.9 Å². The van der Waals surface area contributed by atoms with E-state index in [0.717, 1.165) is 5.56 Å². The van der Waals surface area contributed by atoms with Crippen molar-refractivity contribution in [3.8, 4) is 11.5 Å². The number of hydrogen-bond donors (Lipinski definition) is 1. The minimum Gasteiger partial charge on any atom is -0.419 e. The van der Waals surface area contributed by atoms with Crippen LogP contribution in [0, 0.1) is 5.82 Å². The number of benzene rings is 2. The zero-order valence-electron chi connectivity index (χ0n) is 12.5. The Hall–Kier alpha value is -2.24. The van der Waals surface area contributed by atoms with Crippen molar-refractivity contribution in [2.75, 3.05) is 0 Å². The third kappa shape index (κ3) is 3.75. The molecule has 0 bridgehead atoms. The van der Waals surface area contributed by atoms with Crippen LogP contribution >= 0.6 is 11.6 Å². The summed E-state index contributed by atoms with van der Waals surface area (Å²) in [5, 5.41) is 11.8. The van der Waals surface area contributed by atoms with Gasteiger partial charge in [-0.15, -0.1) is 10.2 Å². The molecule has 0 aliphatic rings. The van der Waals surface area contributed by atoms with Crippen LogP contribution < -0.4 is 5.32 Å². The third-order valence-electron chi connectivity index (χ3n) is 3.49. The van der Waals surface area contributed by atoms with Crippen molar-refractivity contribution in [1.29, 1.82) is 0 Å². The van der Waals surface area contributed by atoms with Gasteiger partial charge in [0.15, 0.2) is 0 Å². The maximum Gasteiger partial charge on any atom is 0.247 e. The largest absolute Gasteiger partial charge is 0.419 e. The fourth-order valence-electron chi connectivity index (χ4n) is 2.21. The molecule has 1 N–H and O–H groups in total. The summed E-state index contributed by atoms with van der Waals surface area (Å²) >= 11 is 5.85. The van der Waals surface area contributed by atoms with Crippen LogP contribution in [0.1, 0.15) is 24.4 Å². The summed E-state index contributed by atoms with van der Waals surface area (Å²) in [5.41, 5.74) is 1.40. The minimum atomic E-state index is -0.236. The fourth-order valence-corrected chi connectivity index (χ4v) is 2.34. The van der Waals surface area contributed by atoms with Crippen LogP contribution in [0.3, 0.4) is 0 Å². The zero-order valence-corrected chi connectivity index (χ0v) is 13.2. The van der Waals surface area contributed by atoms with Gasteiger partial charge in [-0.2, -0.15) is 0 Å². The van der Waals surface area contributed by atoms with Gasteiger partial charge in [-0.25, -0.2) is 4.39 Å². The average molecular weight is 332 g/mol. The Bertz CT molecular complexity index is 789. The summed E-state index contributed by atoms with van der Waals surface area (Å²) in [4.78, 5) is 0. The number of hydrogen-bond acceptors (Lipinski definition) is 4. The molecule has 3 rings (SSSR count). The molecule has 6 heteroatoms. The maximum absolute atomic E-state index is 13.7. The van der Waals surface area contributed by atoms with Gasteiger partial charge in [-0.3, -0.25) is 0 Å². The van der Waals surface area contributed by atoms with Gasteiger partial charge in [0.1, 0.15) is 5.82 Å². The number of halogens is 2. The van der Waals surface area contributed by atoms with Gasteiger partial charge < -0.3 is 9.73 Å². The van der Waals surface area contributed by atoms with E-state index in [0.29, 0.717) is 28.9 Å². The molecular weight excluding hydrogens is 317 g/mol. The molecule has 0 fully saturated rings. The SMILES string of the molecule is C[C@H](NCc1nnc(-c2ccc(Cl)cc2)o1)c1ccccc1F. The highest BCUT2D eigenvalue weighted by Gasteiger charge is 2.12. The van der Waals surface area contributed by atoms with E-state index in [1.54, 1.807) is 24.3 Å². The van der Waals surface area contributed by atoms with Crippen molar-refractivity contribution in [3.05, 3.63) is 70.8 Å². The molecule has 0 amide bonds. The zero-order chi connectivity index (χ0) is 16.2. The third-order valence-corrected chi connectivity index (χ3v) is 3.74. The van der Waals surface area contributed by atoms with Gasteiger partial charge in [0, 0.05) is 22.2 Å². The Kier molecular flexibility index (Phi) is 4.69. The van der Waals surface area contributed by atoms with Crippen LogP contribution in [0.5, 0.6) is 0 Å². The second-order valence-corrected chi connectivity index (χ2v) is 5.57. The molecule has 1 aromatic heterocycles. The van der Waals surface area contributed by atoms with Gasteiger partial charge >= 0.3 is 0 Å². The van der Waals surface area contributed by atoms with Gasteiger partial charge in [0.2, 0.25) is 11.8 Å². The fraction of sp³-hybridized carbons (Fsp3) is 0.176. The molecule has 1 atom stereocenters.